The Morgan fingerprint density at radius 2 is 2.09 bits per heavy atom. The maximum absolute atomic E-state index is 12.1. The van der Waals surface area contributed by atoms with Gasteiger partial charge in [-0.2, -0.15) is 0 Å². The lowest BCUT2D eigenvalue weighted by Gasteiger charge is -2.10. The van der Waals surface area contributed by atoms with E-state index in [-0.39, 0.29) is 18.1 Å². The van der Waals surface area contributed by atoms with E-state index in [9.17, 15) is 9.90 Å². The third-order valence-electron chi connectivity index (χ3n) is 3.11. The molecule has 1 aromatic heterocycles. The van der Waals surface area contributed by atoms with Gasteiger partial charge >= 0.3 is 0 Å². The molecule has 1 amide bonds. The zero-order valence-electron chi connectivity index (χ0n) is 12.6. The van der Waals surface area contributed by atoms with Gasteiger partial charge in [0.1, 0.15) is 5.75 Å². The van der Waals surface area contributed by atoms with Crippen LogP contribution in [0.2, 0.25) is 0 Å². The number of aromatic nitrogens is 2. The number of anilines is 1. The molecule has 0 fully saturated rings. The number of nitrogens with one attached hydrogen (secondary N) is 1. The fraction of sp³-hybridized carbons (Fsp3) is 0.267. The summed E-state index contributed by atoms with van der Waals surface area (Å²) in [5.41, 5.74) is 6.88. The van der Waals surface area contributed by atoms with Crippen molar-refractivity contribution >= 4 is 11.7 Å². The lowest BCUT2D eigenvalue weighted by molar-refractivity contribution is 0.0799. The van der Waals surface area contributed by atoms with Crippen LogP contribution < -0.4 is 15.8 Å². The molecule has 0 aliphatic rings. The molecular formula is C15H18N4O4. The summed E-state index contributed by atoms with van der Waals surface area (Å²) in [4.78, 5) is 20.3. The van der Waals surface area contributed by atoms with Gasteiger partial charge in [0.05, 0.1) is 31.7 Å². The van der Waals surface area contributed by atoms with Gasteiger partial charge < -0.3 is 26.0 Å². The normalized spacial score (nSPS) is 11.8. The molecule has 0 spiro atoms. The van der Waals surface area contributed by atoms with E-state index in [2.05, 4.69) is 15.3 Å². The second-order valence-corrected chi connectivity index (χ2v) is 4.76. The predicted octanol–water partition coefficient (Wildman–Crippen LogP) is -0.183. The third-order valence-corrected chi connectivity index (χ3v) is 3.11. The highest BCUT2D eigenvalue weighted by Gasteiger charge is 2.15. The van der Waals surface area contributed by atoms with Crippen molar-refractivity contribution in [3.63, 3.8) is 0 Å². The molecular weight excluding hydrogens is 300 g/mol. The molecule has 1 heterocycles. The summed E-state index contributed by atoms with van der Waals surface area (Å²) in [6.07, 6.45) is 0.425. The Bertz CT molecular complexity index is 676. The number of methoxy groups -OCH3 is 1. The molecule has 122 valence electrons. The highest BCUT2D eigenvalue weighted by molar-refractivity contribution is 5.96. The first kappa shape index (κ1) is 16.7. The van der Waals surface area contributed by atoms with Gasteiger partial charge in [-0.15, -0.1) is 0 Å². The van der Waals surface area contributed by atoms with Crippen LogP contribution in [-0.4, -0.2) is 52.5 Å². The van der Waals surface area contributed by atoms with E-state index in [0.717, 1.165) is 5.56 Å². The van der Waals surface area contributed by atoms with Crippen LogP contribution in [0.15, 0.2) is 30.5 Å². The second kappa shape index (κ2) is 7.52. The number of rotatable bonds is 6. The number of benzene rings is 1. The summed E-state index contributed by atoms with van der Waals surface area (Å²) in [6.45, 7) is -0.559. The van der Waals surface area contributed by atoms with E-state index in [1.54, 1.807) is 31.4 Å². The predicted molar refractivity (Wildman–Crippen MR) is 83.9 cm³/mol. The summed E-state index contributed by atoms with van der Waals surface area (Å²) in [6, 6.07) is 7.11. The van der Waals surface area contributed by atoms with Crippen molar-refractivity contribution in [1.29, 1.82) is 0 Å². The second-order valence-electron chi connectivity index (χ2n) is 4.76. The minimum atomic E-state index is -1.04. The van der Waals surface area contributed by atoms with Crippen LogP contribution in [0.25, 0.3) is 11.3 Å². The van der Waals surface area contributed by atoms with Crippen molar-refractivity contribution in [1.82, 2.24) is 15.3 Å². The maximum Gasteiger partial charge on any atom is 0.273 e. The number of carbonyl (C=O) groups excluding carboxylic acids is 1. The van der Waals surface area contributed by atoms with Gasteiger partial charge in [-0.3, -0.25) is 4.79 Å². The molecule has 1 aromatic carbocycles. The average Bonchev–Trinajstić information content (AvgIpc) is 2.59. The van der Waals surface area contributed by atoms with Crippen LogP contribution in [0.4, 0.5) is 5.82 Å². The Morgan fingerprint density at radius 1 is 1.39 bits per heavy atom. The van der Waals surface area contributed by atoms with Crippen molar-refractivity contribution < 1.29 is 19.7 Å². The van der Waals surface area contributed by atoms with Gasteiger partial charge in [0.15, 0.2) is 11.5 Å². The minimum absolute atomic E-state index is 0.0155. The molecule has 0 saturated carbocycles. The quantitative estimate of drug-likeness (QED) is 0.581. The van der Waals surface area contributed by atoms with Crippen LogP contribution in [0, 0.1) is 0 Å². The van der Waals surface area contributed by atoms with Gasteiger partial charge in [-0.1, -0.05) is 0 Å². The fourth-order valence-electron chi connectivity index (χ4n) is 1.83. The molecule has 2 aromatic rings. The number of nitrogen functional groups attached to an aromatic ring is 1. The lowest BCUT2D eigenvalue weighted by atomic mass is 10.1. The zero-order chi connectivity index (χ0) is 16.8. The molecule has 0 aliphatic heterocycles. The number of carbonyl (C=O) groups is 1. The lowest BCUT2D eigenvalue weighted by Crippen LogP contribution is -2.34. The molecule has 23 heavy (non-hydrogen) atoms. The van der Waals surface area contributed by atoms with E-state index < -0.39 is 18.6 Å². The molecule has 1 atom stereocenters. The summed E-state index contributed by atoms with van der Waals surface area (Å²) in [5.74, 6) is 0.115. The average molecular weight is 318 g/mol. The number of nitrogens with two attached hydrogens (primary N) is 1. The Kier molecular flexibility index (Phi) is 5.45. The van der Waals surface area contributed by atoms with Crippen molar-refractivity contribution in [3.05, 3.63) is 36.2 Å². The van der Waals surface area contributed by atoms with Crippen molar-refractivity contribution in [3.8, 4) is 17.0 Å². The highest BCUT2D eigenvalue weighted by Crippen LogP contribution is 2.21. The summed E-state index contributed by atoms with van der Waals surface area (Å²) >= 11 is 0. The van der Waals surface area contributed by atoms with Gasteiger partial charge in [-0.05, 0) is 24.3 Å². The van der Waals surface area contributed by atoms with Crippen LogP contribution in [0.5, 0.6) is 5.75 Å². The topological polar surface area (TPSA) is 131 Å². The molecule has 8 heteroatoms. The number of aliphatic hydroxyl groups is 2. The van der Waals surface area contributed by atoms with Crippen LogP contribution in [-0.2, 0) is 0 Å². The van der Waals surface area contributed by atoms with Crippen molar-refractivity contribution in [2.45, 2.75) is 6.10 Å². The third kappa shape index (κ3) is 4.15. The highest BCUT2D eigenvalue weighted by atomic mass is 16.5. The molecule has 0 radical (unpaired) electrons. The molecule has 8 nitrogen and oxygen atoms in total. The Balaban J connectivity index is 2.22. The minimum Gasteiger partial charge on any atom is -0.497 e. The number of nitrogens with zero attached hydrogens (tertiary/aromatic N) is 2. The number of aliphatic hydroxyl groups excluding tert-OH is 2. The Morgan fingerprint density at radius 3 is 2.70 bits per heavy atom. The van der Waals surface area contributed by atoms with Gasteiger partial charge in [0, 0.05) is 12.1 Å². The van der Waals surface area contributed by atoms with E-state index in [0.29, 0.717) is 11.4 Å². The molecule has 5 N–H and O–H groups in total. The SMILES string of the molecule is COc1ccc(-c2cnc(N)c(C(=O)NC[C@@H](O)CO)n2)cc1. The van der Waals surface area contributed by atoms with E-state index >= 15 is 0 Å². The van der Waals surface area contributed by atoms with Gasteiger partial charge in [-0.25, -0.2) is 9.97 Å². The van der Waals surface area contributed by atoms with Crippen molar-refractivity contribution in [2.75, 3.05) is 26.0 Å². The van der Waals surface area contributed by atoms with Crippen molar-refractivity contribution in [2.24, 2.45) is 0 Å². The van der Waals surface area contributed by atoms with E-state index in [4.69, 9.17) is 15.6 Å². The first-order chi connectivity index (χ1) is 11.0. The molecule has 0 saturated heterocycles. The number of amides is 1. The van der Waals surface area contributed by atoms with Crippen LogP contribution in [0.3, 0.4) is 0 Å². The summed E-state index contributed by atoms with van der Waals surface area (Å²) in [5, 5.41) is 20.4. The maximum atomic E-state index is 12.1. The molecule has 2 rings (SSSR count). The number of hydrogen-bond donors (Lipinski definition) is 4. The Hall–Kier alpha value is -2.71. The summed E-state index contributed by atoms with van der Waals surface area (Å²) in [7, 11) is 1.57. The van der Waals surface area contributed by atoms with Crippen LogP contribution >= 0.6 is 0 Å². The first-order valence-corrected chi connectivity index (χ1v) is 6.89. The first-order valence-electron chi connectivity index (χ1n) is 6.89. The van der Waals surface area contributed by atoms with E-state index in [1.807, 2.05) is 0 Å². The standard InChI is InChI=1S/C15H18N4O4/c1-23-11-4-2-9(3-5-11)12-7-17-14(16)13(19-12)15(22)18-6-10(21)8-20/h2-5,7,10,20-21H,6,8H2,1H3,(H2,16,17)(H,18,22)/t10-/m1/s1. The number of hydrogen-bond acceptors (Lipinski definition) is 7. The van der Waals surface area contributed by atoms with Gasteiger partial charge in [0.2, 0.25) is 0 Å². The zero-order valence-corrected chi connectivity index (χ0v) is 12.6. The number of ether oxygens (including phenoxy) is 1. The summed E-state index contributed by atoms with van der Waals surface area (Å²) < 4.78 is 5.09. The smallest absolute Gasteiger partial charge is 0.273 e. The van der Waals surface area contributed by atoms with Crippen LogP contribution in [0.1, 0.15) is 10.5 Å². The monoisotopic (exact) mass is 318 g/mol. The van der Waals surface area contributed by atoms with Gasteiger partial charge in [0.25, 0.3) is 5.91 Å². The fourth-order valence-corrected chi connectivity index (χ4v) is 1.83. The largest absolute Gasteiger partial charge is 0.497 e. The molecule has 0 unspecified atom stereocenters. The van der Waals surface area contributed by atoms with E-state index in [1.165, 1.54) is 6.20 Å². The molecule has 0 aliphatic carbocycles. The Labute approximate surface area is 133 Å². The molecule has 0 bridgehead atoms.